The molecule has 6 heteroatoms. The van der Waals surface area contributed by atoms with Crippen molar-refractivity contribution in [3.63, 3.8) is 0 Å². The van der Waals surface area contributed by atoms with E-state index in [0.717, 1.165) is 22.2 Å². The molecule has 0 radical (unpaired) electrons. The van der Waals surface area contributed by atoms with Crippen molar-refractivity contribution in [1.82, 2.24) is 19.7 Å². The number of carboxylic acids is 1. The van der Waals surface area contributed by atoms with Gasteiger partial charge in [-0.25, -0.2) is 14.5 Å². The van der Waals surface area contributed by atoms with Crippen molar-refractivity contribution in [3.05, 3.63) is 66.1 Å². The van der Waals surface area contributed by atoms with Gasteiger partial charge in [0, 0.05) is 35.6 Å². The maximum Gasteiger partial charge on any atom is 0.338 e. The maximum absolute atomic E-state index is 12.4. The smallest absolute Gasteiger partial charge is 0.338 e. The number of pyridine rings is 2. The molecule has 6 nitrogen and oxygen atoms in total. The van der Waals surface area contributed by atoms with E-state index in [1.807, 2.05) is 61.0 Å². The second kappa shape index (κ2) is 7.23. The Bertz CT molecular complexity index is 1150. The zero-order valence-electron chi connectivity index (χ0n) is 15.8. The highest BCUT2D eigenvalue weighted by atomic mass is 16.4. The van der Waals surface area contributed by atoms with E-state index in [2.05, 4.69) is 10.1 Å². The molecule has 0 bridgehead atoms. The fourth-order valence-corrected chi connectivity index (χ4v) is 3.56. The topological polar surface area (TPSA) is 80.9 Å². The van der Waals surface area contributed by atoms with Crippen LogP contribution in [0.2, 0.25) is 0 Å². The number of carbonyl (C=O) groups is 1. The molecule has 0 aliphatic rings. The number of aromatic nitrogens is 4. The van der Waals surface area contributed by atoms with Crippen LogP contribution in [-0.2, 0) is 13.0 Å². The Labute approximate surface area is 162 Å². The quantitative estimate of drug-likeness (QED) is 0.560. The molecule has 28 heavy (non-hydrogen) atoms. The Morgan fingerprint density at radius 1 is 1.07 bits per heavy atom. The van der Waals surface area contributed by atoms with E-state index in [-0.39, 0.29) is 5.56 Å². The van der Waals surface area contributed by atoms with E-state index in [1.165, 1.54) is 0 Å². The van der Waals surface area contributed by atoms with Gasteiger partial charge in [-0.2, -0.15) is 5.10 Å². The average molecular weight is 372 g/mol. The largest absolute Gasteiger partial charge is 0.478 e. The average Bonchev–Trinajstić information content (AvgIpc) is 3.11. The molecule has 0 aliphatic carbocycles. The molecule has 140 valence electrons. The molecule has 0 unspecified atom stereocenters. The first-order valence-electron chi connectivity index (χ1n) is 9.28. The summed E-state index contributed by atoms with van der Waals surface area (Å²) < 4.78 is 1.84. The molecule has 0 saturated heterocycles. The van der Waals surface area contributed by atoms with Gasteiger partial charge in [0.15, 0.2) is 5.65 Å². The van der Waals surface area contributed by atoms with Gasteiger partial charge in [0.1, 0.15) is 0 Å². The summed E-state index contributed by atoms with van der Waals surface area (Å²) in [6.45, 7) is 4.67. The van der Waals surface area contributed by atoms with Crippen molar-refractivity contribution in [3.8, 4) is 22.4 Å². The van der Waals surface area contributed by atoms with E-state index in [9.17, 15) is 9.90 Å². The third-order valence-electron chi connectivity index (χ3n) is 4.80. The molecular weight excluding hydrogens is 352 g/mol. The zero-order chi connectivity index (χ0) is 19.7. The third kappa shape index (κ3) is 2.83. The van der Waals surface area contributed by atoms with Crippen molar-refractivity contribution in [2.75, 3.05) is 0 Å². The maximum atomic E-state index is 12.4. The highest BCUT2D eigenvalue weighted by molar-refractivity contribution is 6.10. The fourth-order valence-electron chi connectivity index (χ4n) is 3.56. The Kier molecular flexibility index (Phi) is 4.61. The minimum atomic E-state index is -1.02. The lowest BCUT2D eigenvalue weighted by Gasteiger charge is -2.14. The van der Waals surface area contributed by atoms with Crippen LogP contribution in [0.4, 0.5) is 0 Å². The van der Waals surface area contributed by atoms with Crippen LogP contribution in [0.3, 0.4) is 0 Å². The van der Waals surface area contributed by atoms with Gasteiger partial charge in [0.2, 0.25) is 0 Å². The molecular formula is C22H20N4O2. The van der Waals surface area contributed by atoms with Gasteiger partial charge in [0.25, 0.3) is 0 Å². The number of hydrogen-bond donors (Lipinski definition) is 1. The lowest BCUT2D eigenvalue weighted by molar-refractivity contribution is 0.0698. The van der Waals surface area contributed by atoms with Gasteiger partial charge in [-0.1, -0.05) is 43.3 Å². The number of carboxylic acid groups (broad SMARTS) is 1. The Morgan fingerprint density at radius 3 is 2.43 bits per heavy atom. The van der Waals surface area contributed by atoms with Crippen LogP contribution < -0.4 is 0 Å². The molecule has 3 heterocycles. The normalized spacial score (nSPS) is 11.1. The van der Waals surface area contributed by atoms with E-state index in [1.54, 1.807) is 12.4 Å². The number of hydrogen-bond acceptors (Lipinski definition) is 4. The SMILES string of the molecule is CCc1nn(CC)c2nc(-c3ccccc3)c(C(=O)O)c(-c3cccnc3)c12. The molecule has 1 N–H and O–H groups in total. The zero-order valence-corrected chi connectivity index (χ0v) is 15.8. The monoisotopic (exact) mass is 372 g/mol. The molecule has 3 aromatic heterocycles. The Balaban J connectivity index is 2.23. The number of fused-ring (bicyclic) bond motifs is 1. The van der Waals surface area contributed by atoms with Gasteiger partial charge < -0.3 is 5.11 Å². The molecule has 0 saturated carbocycles. The summed E-state index contributed by atoms with van der Waals surface area (Å²) in [5.41, 5.74) is 4.28. The van der Waals surface area contributed by atoms with Crippen LogP contribution in [0.5, 0.6) is 0 Å². The summed E-state index contributed by atoms with van der Waals surface area (Å²) >= 11 is 0. The standard InChI is InChI=1S/C22H20N4O2/c1-3-16-18-17(15-11-8-12-23-13-15)19(22(27)28)20(14-9-6-5-7-10-14)24-21(18)26(4-2)25-16/h5-13H,3-4H2,1-2H3,(H,27,28). The second-order valence-electron chi connectivity index (χ2n) is 6.44. The number of aromatic carboxylic acids is 1. The Morgan fingerprint density at radius 2 is 1.82 bits per heavy atom. The van der Waals surface area contributed by atoms with E-state index in [4.69, 9.17) is 4.98 Å². The van der Waals surface area contributed by atoms with Gasteiger partial charge in [-0.15, -0.1) is 0 Å². The van der Waals surface area contributed by atoms with Crippen LogP contribution >= 0.6 is 0 Å². The number of aryl methyl sites for hydroxylation is 2. The summed E-state index contributed by atoms with van der Waals surface area (Å²) in [7, 11) is 0. The van der Waals surface area contributed by atoms with Crippen molar-refractivity contribution in [2.24, 2.45) is 0 Å². The van der Waals surface area contributed by atoms with Crippen molar-refractivity contribution in [2.45, 2.75) is 26.8 Å². The molecule has 0 aliphatic heterocycles. The van der Waals surface area contributed by atoms with Gasteiger partial charge in [0.05, 0.1) is 22.3 Å². The fraction of sp³-hybridized carbons (Fsp3) is 0.182. The lowest BCUT2D eigenvalue weighted by atomic mass is 9.93. The Hall–Kier alpha value is -3.54. The summed E-state index contributed by atoms with van der Waals surface area (Å²) in [5.74, 6) is -1.02. The molecule has 0 atom stereocenters. The first-order chi connectivity index (χ1) is 13.7. The number of rotatable bonds is 5. The van der Waals surface area contributed by atoms with E-state index in [0.29, 0.717) is 29.9 Å². The van der Waals surface area contributed by atoms with Crippen molar-refractivity contribution < 1.29 is 9.90 Å². The van der Waals surface area contributed by atoms with Gasteiger partial charge >= 0.3 is 5.97 Å². The molecule has 4 rings (SSSR count). The number of nitrogens with zero attached hydrogens (tertiary/aromatic N) is 4. The summed E-state index contributed by atoms with van der Waals surface area (Å²) in [5, 5.41) is 15.6. The van der Waals surface area contributed by atoms with Gasteiger partial charge in [-0.05, 0) is 19.4 Å². The van der Waals surface area contributed by atoms with Crippen LogP contribution in [0, 0.1) is 0 Å². The van der Waals surface area contributed by atoms with Crippen LogP contribution in [0.1, 0.15) is 29.9 Å². The highest BCUT2D eigenvalue weighted by Crippen LogP contribution is 2.38. The summed E-state index contributed by atoms with van der Waals surface area (Å²) in [6.07, 6.45) is 4.05. The predicted octanol–water partition coefficient (Wildman–Crippen LogP) is 4.44. The molecule has 0 spiro atoms. The van der Waals surface area contributed by atoms with Crippen LogP contribution in [-0.4, -0.2) is 30.8 Å². The first kappa shape index (κ1) is 17.9. The number of benzene rings is 1. The summed E-state index contributed by atoms with van der Waals surface area (Å²) in [6, 6.07) is 13.1. The first-order valence-corrected chi connectivity index (χ1v) is 9.28. The van der Waals surface area contributed by atoms with E-state index < -0.39 is 5.97 Å². The summed E-state index contributed by atoms with van der Waals surface area (Å²) in [4.78, 5) is 21.4. The van der Waals surface area contributed by atoms with E-state index >= 15 is 0 Å². The van der Waals surface area contributed by atoms with Gasteiger partial charge in [-0.3, -0.25) is 4.98 Å². The minimum Gasteiger partial charge on any atom is -0.478 e. The van der Waals surface area contributed by atoms with Crippen molar-refractivity contribution in [1.29, 1.82) is 0 Å². The predicted molar refractivity (Wildman–Crippen MR) is 108 cm³/mol. The molecule has 0 amide bonds. The van der Waals surface area contributed by atoms with Crippen molar-refractivity contribution >= 4 is 17.0 Å². The molecule has 1 aromatic carbocycles. The highest BCUT2D eigenvalue weighted by Gasteiger charge is 2.26. The lowest BCUT2D eigenvalue weighted by Crippen LogP contribution is -2.07. The molecule has 4 aromatic rings. The third-order valence-corrected chi connectivity index (χ3v) is 4.80. The minimum absolute atomic E-state index is 0.178. The van der Waals surface area contributed by atoms with Crippen LogP contribution in [0.25, 0.3) is 33.4 Å². The second-order valence-corrected chi connectivity index (χ2v) is 6.44. The van der Waals surface area contributed by atoms with Crippen LogP contribution in [0.15, 0.2) is 54.9 Å². The molecule has 0 fully saturated rings.